The lowest BCUT2D eigenvalue weighted by atomic mass is 9.87. The van der Waals surface area contributed by atoms with Crippen LogP contribution in [0.15, 0.2) is 29.6 Å². The maximum atomic E-state index is 11.5. The van der Waals surface area contributed by atoms with Gasteiger partial charge in [-0.1, -0.05) is 12.1 Å². The Morgan fingerprint density at radius 1 is 1.36 bits per heavy atom. The molecule has 1 aromatic heterocycles. The summed E-state index contributed by atoms with van der Waals surface area (Å²) >= 11 is 1.72. The molecule has 1 N–H and O–H groups in total. The summed E-state index contributed by atoms with van der Waals surface area (Å²) in [7, 11) is 1.40. The van der Waals surface area contributed by atoms with Gasteiger partial charge in [-0.05, 0) is 44.0 Å². The van der Waals surface area contributed by atoms with Crippen molar-refractivity contribution in [2.45, 2.75) is 31.7 Å². The normalized spacial score (nSPS) is 21.5. The van der Waals surface area contributed by atoms with E-state index in [9.17, 15) is 4.79 Å². The standard InChI is InChI=1S/C17H20N2O2S/c1-11-19-16(10-22-11)14-7-8-18-15(9-14)12-3-5-13(6-4-12)17(20)21-2/h3-6,10,14-15,18H,7-9H2,1-2H3/t14?,15-/m0/s1. The maximum absolute atomic E-state index is 11.5. The molecule has 5 heteroatoms. The van der Waals surface area contributed by atoms with Crippen LogP contribution in [0.3, 0.4) is 0 Å². The molecule has 1 unspecified atom stereocenters. The molecule has 4 nitrogen and oxygen atoms in total. The third kappa shape index (κ3) is 3.20. The highest BCUT2D eigenvalue weighted by Crippen LogP contribution is 2.34. The van der Waals surface area contributed by atoms with Gasteiger partial charge in [-0.2, -0.15) is 0 Å². The van der Waals surface area contributed by atoms with E-state index in [-0.39, 0.29) is 5.97 Å². The molecule has 1 aliphatic rings. The molecule has 1 aliphatic heterocycles. The number of ether oxygens (including phenoxy) is 1. The van der Waals surface area contributed by atoms with Gasteiger partial charge < -0.3 is 10.1 Å². The van der Waals surface area contributed by atoms with Gasteiger partial charge in [0.15, 0.2) is 0 Å². The minimum Gasteiger partial charge on any atom is -0.465 e. The SMILES string of the molecule is COC(=O)c1ccc([C@@H]2CC(c3csc(C)n3)CCN2)cc1. The summed E-state index contributed by atoms with van der Waals surface area (Å²) in [6.45, 7) is 3.04. The van der Waals surface area contributed by atoms with Crippen molar-refractivity contribution in [2.24, 2.45) is 0 Å². The molecular weight excluding hydrogens is 296 g/mol. The Bertz CT molecular complexity index is 651. The first-order valence-corrected chi connectivity index (χ1v) is 8.39. The maximum Gasteiger partial charge on any atom is 0.337 e. The molecule has 0 radical (unpaired) electrons. The summed E-state index contributed by atoms with van der Waals surface area (Å²) in [4.78, 5) is 16.1. The van der Waals surface area contributed by atoms with Crippen LogP contribution in [0.1, 0.15) is 51.4 Å². The van der Waals surface area contributed by atoms with Crippen molar-refractivity contribution < 1.29 is 9.53 Å². The zero-order valence-corrected chi connectivity index (χ0v) is 13.7. The molecule has 0 aliphatic carbocycles. The van der Waals surface area contributed by atoms with Gasteiger partial charge >= 0.3 is 5.97 Å². The number of hydrogen-bond donors (Lipinski definition) is 1. The van der Waals surface area contributed by atoms with Crippen LogP contribution < -0.4 is 5.32 Å². The number of nitrogens with zero attached hydrogens (tertiary/aromatic N) is 1. The zero-order valence-electron chi connectivity index (χ0n) is 12.8. The second-order valence-corrected chi connectivity index (χ2v) is 6.70. The molecule has 1 saturated heterocycles. The Labute approximate surface area is 134 Å². The summed E-state index contributed by atoms with van der Waals surface area (Å²) in [5.41, 5.74) is 3.03. The van der Waals surface area contributed by atoms with E-state index in [4.69, 9.17) is 4.74 Å². The van der Waals surface area contributed by atoms with E-state index >= 15 is 0 Å². The summed E-state index contributed by atoms with van der Waals surface area (Å²) in [5.74, 6) is 0.218. The van der Waals surface area contributed by atoms with Gasteiger partial charge in [0, 0.05) is 17.3 Å². The largest absolute Gasteiger partial charge is 0.465 e. The second kappa shape index (κ2) is 6.58. The van der Waals surface area contributed by atoms with Crippen molar-refractivity contribution >= 4 is 17.3 Å². The Morgan fingerprint density at radius 3 is 2.77 bits per heavy atom. The molecule has 2 atom stereocenters. The lowest BCUT2D eigenvalue weighted by Gasteiger charge is -2.30. The number of aryl methyl sites for hydroxylation is 1. The van der Waals surface area contributed by atoms with E-state index in [0.717, 1.165) is 24.4 Å². The van der Waals surface area contributed by atoms with Gasteiger partial charge in [0.1, 0.15) is 0 Å². The molecule has 2 aromatic rings. The third-order valence-corrected chi connectivity index (χ3v) is 4.98. The van der Waals surface area contributed by atoms with Crippen molar-refractivity contribution in [3.8, 4) is 0 Å². The van der Waals surface area contributed by atoms with Crippen LogP contribution >= 0.6 is 11.3 Å². The number of nitrogens with one attached hydrogen (secondary N) is 1. The molecule has 0 bridgehead atoms. The van der Waals surface area contributed by atoms with E-state index in [1.54, 1.807) is 11.3 Å². The fourth-order valence-electron chi connectivity index (χ4n) is 2.98. The topological polar surface area (TPSA) is 51.2 Å². The highest BCUT2D eigenvalue weighted by Gasteiger charge is 2.25. The van der Waals surface area contributed by atoms with Gasteiger partial charge in [0.05, 0.1) is 23.4 Å². The Kier molecular flexibility index (Phi) is 4.55. The van der Waals surface area contributed by atoms with E-state index in [1.165, 1.54) is 18.4 Å². The smallest absolute Gasteiger partial charge is 0.337 e. The monoisotopic (exact) mass is 316 g/mol. The summed E-state index contributed by atoms with van der Waals surface area (Å²) < 4.78 is 4.74. The van der Waals surface area contributed by atoms with Gasteiger partial charge in [-0.15, -0.1) is 11.3 Å². The highest BCUT2D eigenvalue weighted by molar-refractivity contribution is 7.09. The molecule has 1 fully saturated rings. The quantitative estimate of drug-likeness (QED) is 0.881. The van der Waals surface area contributed by atoms with Crippen LogP contribution in [0, 0.1) is 6.92 Å². The number of carbonyl (C=O) groups is 1. The molecule has 116 valence electrons. The summed E-state index contributed by atoms with van der Waals surface area (Å²) in [5, 5.41) is 6.88. The van der Waals surface area contributed by atoms with Gasteiger partial charge in [-0.3, -0.25) is 0 Å². The zero-order chi connectivity index (χ0) is 15.5. The third-order valence-electron chi connectivity index (χ3n) is 4.19. The van der Waals surface area contributed by atoms with Gasteiger partial charge in [-0.25, -0.2) is 9.78 Å². The molecule has 0 saturated carbocycles. The van der Waals surface area contributed by atoms with Crippen LogP contribution in [-0.4, -0.2) is 24.6 Å². The Morgan fingerprint density at radius 2 is 2.14 bits per heavy atom. The van der Waals surface area contributed by atoms with Crippen molar-refractivity contribution in [1.29, 1.82) is 0 Å². The lowest BCUT2D eigenvalue weighted by molar-refractivity contribution is 0.0600. The first kappa shape index (κ1) is 15.2. The average molecular weight is 316 g/mol. The van der Waals surface area contributed by atoms with Crippen molar-refractivity contribution in [3.63, 3.8) is 0 Å². The second-order valence-electron chi connectivity index (χ2n) is 5.63. The van der Waals surface area contributed by atoms with Gasteiger partial charge in [0.25, 0.3) is 0 Å². The number of carbonyl (C=O) groups excluding carboxylic acids is 1. The number of aromatic nitrogens is 1. The molecular formula is C17H20N2O2S. The number of piperidine rings is 1. The van der Waals surface area contributed by atoms with Crippen LogP contribution in [-0.2, 0) is 4.74 Å². The molecule has 1 aromatic carbocycles. The van der Waals surface area contributed by atoms with Crippen molar-refractivity contribution in [3.05, 3.63) is 51.5 Å². The molecule has 3 rings (SSSR count). The number of benzene rings is 1. The lowest BCUT2D eigenvalue weighted by Crippen LogP contribution is -2.31. The van der Waals surface area contributed by atoms with E-state index in [2.05, 4.69) is 22.6 Å². The Balaban J connectivity index is 1.73. The predicted molar refractivity (Wildman–Crippen MR) is 87.4 cm³/mol. The number of esters is 1. The number of rotatable bonds is 3. The van der Waals surface area contributed by atoms with Crippen LogP contribution in [0.4, 0.5) is 0 Å². The summed E-state index contributed by atoms with van der Waals surface area (Å²) in [6.07, 6.45) is 2.17. The fourth-order valence-corrected chi connectivity index (χ4v) is 3.67. The highest BCUT2D eigenvalue weighted by atomic mass is 32.1. The summed E-state index contributed by atoms with van der Waals surface area (Å²) in [6, 6.07) is 8.00. The molecule has 0 amide bonds. The minimum absolute atomic E-state index is 0.293. The first-order chi connectivity index (χ1) is 10.7. The molecule has 0 spiro atoms. The van der Waals surface area contributed by atoms with Crippen LogP contribution in [0.2, 0.25) is 0 Å². The van der Waals surface area contributed by atoms with E-state index in [1.807, 2.05) is 24.3 Å². The van der Waals surface area contributed by atoms with Crippen molar-refractivity contribution in [2.75, 3.05) is 13.7 Å². The van der Waals surface area contributed by atoms with E-state index < -0.39 is 0 Å². The van der Waals surface area contributed by atoms with Crippen LogP contribution in [0.5, 0.6) is 0 Å². The molecule has 2 heterocycles. The Hall–Kier alpha value is -1.72. The fraction of sp³-hybridized carbons (Fsp3) is 0.412. The number of methoxy groups -OCH3 is 1. The average Bonchev–Trinajstić information content (AvgIpc) is 3.01. The number of thiazole rings is 1. The van der Waals surface area contributed by atoms with Crippen LogP contribution in [0.25, 0.3) is 0 Å². The van der Waals surface area contributed by atoms with Gasteiger partial charge in [0.2, 0.25) is 0 Å². The van der Waals surface area contributed by atoms with Crippen molar-refractivity contribution in [1.82, 2.24) is 10.3 Å². The first-order valence-electron chi connectivity index (χ1n) is 7.51. The van der Waals surface area contributed by atoms with E-state index in [0.29, 0.717) is 17.5 Å². The predicted octanol–water partition coefficient (Wildman–Crippen LogP) is 3.45. The number of hydrogen-bond acceptors (Lipinski definition) is 5. The molecule has 22 heavy (non-hydrogen) atoms. The minimum atomic E-state index is -0.293.